The topological polar surface area (TPSA) is 100 Å². The molecule has 3 rings (SSSR count). The van der Waals surface area contributed by atoms with Crippen LogP contribution in [0.1, 0.15) is 25.3 Å². The van der Waals surface area contributed by atoms with E-state index in [9.17, 15) is 15.0 Å². The Morgan fingerprint density at radius 3 is 2.44 bits per heavy atom. The zero-order valence-electron chi connectivity index (χ0n) is 14.1. The van der Waals surface area contributed by atoms with Gasteiger partial charge >= 0.3 is 5.69 Å². The first-order chi connectivity index (χ1) is 11.9. The fourth-order valence-electron chi connectivity index (χ4n) is 2.71. The summed E-state index contributed by atoms with van der Waals surface area (Å²) in [5, 5.41) is 26.3. The average molecular weight is 341 g/mol. The predicted octanol–water partition coefficient (Wildman–Crippen LogP) is 2.77. The van der Waals surface area contributed by atoms with Crippen molar-refractivity contribution in [1.82, 2.24) is 14.8 Å². The summed E-state index contributed by atoms with van der Waals surface area (Å²) in [6.45, 7) is 4.02. The molecule has 0 aliphatic rings. The van der Waals surface area contributed by atoms with Crippen molar-refractivity contribution >= 4 is 0 Å². The van der Waals surface area contributed by atoms with Crippen molar-refractivity contribution in [2.45, 2.75) is 19.8 Å². The van der Waals surface area contributed by atoms with E-state index >= 15 is 0 Å². The van der Waals surface area contributed by atoms with E-state index in [4.69, 9.17) is 4.74 Å². The average Bonchev–Trinajstić information content (AvgIpc) is 2.96. The number of phenols is 2. The summed E-state index contributed by atoms with van der Waals surface area (Å²) < 4.78 is 6.67. The molecule has 0 spiro atoms. The summed E-state index contributed by atoms with van der Waals surface area (Å²) in [7, 11) is 1.54. The van der Waals surface area contributed by atoms with Gasteiger partial charge in [-0.1, -0.05) is 13.8 Å². The van der Waals surface area contributed by atoms with Crippen LogP contribution in [0.3, 0.4) is 0 Å². The number of H-pyrrole nitrogens is 1. The van der Waals surface area contributed by atoms with Crippen LogP contribution in [0.15, 0.2) is 41.2 Å². The van der Waals surface area contributed by atoms with Gasteiger partial charge in [-0.25, -0.2) is 14.5 Å². The SMILES string of the molecule is COc1cc(O)c(-c2n[nH]c(=O)n2-c2ccc(O)cc2)cc1C(C)C. The quantitative estimate of drug-likeness (QED) is 0.677. The van der Waals surface area contributed by atoms with E-state index in [1.165, 1.54) is 22.8 Å². The maximum Gasteiger partial charge on any atom is 0.348 e. The van der Waals surface area contributed by atoms with E-state index in [-0.39, 0.29) is 23.2 Å². The number of hydrogen-bond acceptors (Lipinski definition) is 5. The predicted molar refractivity (Wildman–Crippen MR) is 93.6 cm³/mol. The molecule has 3 N–H and O–H groups in total. The number of phenolic OH excluding ortho intramolecular Hbond substituents is 2. The summed E-state index contributed by atoms with van der Waals surface area (Å²) >= 11 is 0. The molecule has 0 fully saturated rings. The van der Waals surface area contributed by atoms with E-state index in [2.05, 4.69) is 10.2 Å². The Morgan fingerprint density at radius 2 is 1.84 bits per heavy atom. The minimum Gasteiger partial charge on any atom is -0.508 e. The van der Waals surface area contributed by atoms with Crippen molar-refractivity contribution in [3.63, 3.8) is 0 Å². The van der Waals surface area contributed by atoms with E-state index in [1.54, 1.807) is 25.3 Å². The van der Waals surface area contributed by atoms with Gasteiger partial charge in [-0.3, -0.25) is 0 Å². The van der Waals surface area contributed by atoms with Gasteiger partial charge in [0.2, 0.25) is 0 Å². The highest BCUT2D eigenvalue weighted by Gasteiger charge is 2.20. The molecule has 0 aliphatic heterocycles. The smallest absolute Gasteiger partial charge is 0.348 e. The molecule has 25 heavy (non-hydrogen) atoms. The van der Waals surface area contributed by atoms with Gasteiger partial charge in [0.15, 0.2) is 5.82 Å². The van der Waals surface area contributed by atoms with Crippen molar-refractivity contribution in [2.24, 2.45) is 0 Å². The molecular weight excluding hydrogens is 322 g/mol. The van der Waals surface area contributed by atoms with Crippen LogP contribution in [0.25, 0.3) is 17.1 Å². The molecule has 0 saturated heterocycles. The van der Waals surface area contributed by atoms with E-state index in [1.807, 2.05) is 13.8 Å². The lowest BCUT2D eigenvalue weighted by molar-refractivity contribution is 0.401. The molecule has 0 atom stereocenters. The molecule has 0 aliphatic carbocycles. The largest absolute Gasteiger partial charge is 0.508 e. The van der Waals surface area contributed by atoms with Gasteiger partial charge in [-0.05, 0) is 41.8 Å². The monoisotopic (exact) mass is 341 g/mol. The lowest BCUT2D eigenvalue weighted by atomic mass is 9.98. The normalized spacial score (nSPS) is 11.0. The molecular formula is C18H19N3O4. The fourth-order valence-corrected chi connectivity index (χ4v) is 2.71. The number of methoxy groups -OCH3 is 1. The molecule has 1 aromatic heterocycles. The summed E-state index contributed by atoms with van der Waals surface area (Å²) in [4.78, 5) is 12.2. The minimum absolute atomic E-state index is 0.0414. The number of aromatic hydroxyl groups is 2. The highest BCUT2D eigenvalue weighted by atomic mass is 16.5. The number of benzene rings is 2. The molecule has 0 unspecified atom stereocenters. The second-order valence-electron chi connectivity index (χ2n) is 5.97. The number of rotatable bonds is 4. The Labute approximate surface area is 144 Å². The van der Waals surface area contributed by atoms with Gasteiger partial charge in [-0.2, -0.15) is 5.10 Å². The highest BCUT2D eigenvalue weighted by Crippen LogP contribution is 2.37. The lowest BCUT2D eigenvalue weighted by Gasteiger charge is -2.15. The van der Waals surface area contributed by atoms with E-state index in [0.717, 1.165) is 5.56 Å². The molecule has 0 bridgehead atoms. The number of ether oxygens (including phenoxy) is 1. The number of nitrogens with zero attached hydrogens (tertiary/aromatic N) is 2. The second-order valence-corrected chi connectivity index (χ2v) is 5.97. The van der Waals surface area contributed by atoms with Crippen LogP contribution in [0, 0.1) is 0 Å². The third-order valence-electron chi connectivity index (χ3n) is 3.99. The molecule has 0 amide bonds. The minimum atomic E-state index is -0.443. The van der Waals surface area contributed by atoms with Crippen LogP contribution in [0.4, 0.5) is 0 Å². The number of aromatic nitrogens is 3. The molecule has 0 saturated carbocycles. The third kappa shape index (κ3) is 2.96. The first kappa shape index (κ1) is 16.6. The Kier molecular flexibility index (Phi) is 4.22. The maximum atomic E-state index is 12.2. The number of aromatic amines is 1. The lowest BCUT2D eigenvalue weighted by Crippen LogP contribution is -2.15. The van der Waals surface area contributed by atoms with Crippen LogP contribution in [-0.4, -0.2) is 32.1 Å². The Bertz CT molecular complexity index is 955. The Hall–Kier alpha value is -3.22. The fraction of sp³-hybridized carbons (Fsp3) is 0.222. The number of nitrogens with one attached hydrogen (secondary N) is 1. The van der Waals surface area contributed by atoms with Crippen molar-refractivity contribution in [1.29, 1.82) is 0 Å². The maximum absolute atomic E-state index is 12.2. The van der Waals surface area contributed by atoms with Crippen LogP contribution < -0.4 is 10.4 Å². The van der Waals surface area contributed by atoms with Crippen LogP contribution >= 0.6 is 0 Å². The van der Waals surface area contributed by atoms with Crippen LogP contribution in [0.5, 0.6) is 17.2 Å². The van der Waals surface area contributed by atoms with Gasteiger partial charge in [0.1, 0.15) is 17.2 Å². The van der Waals surface area contributed by atoms with Gasteiger partial charge in [0.25, 0.3) is 0 Å². The molecule has 7 nitrogen and oxygen atoms in total. The molecule has 3 aromatic rings. The van der Waals surface area contributed by atoms with Gasteiger partial charge in [-0.15, -0.1) is 0 Å². The van der Waals surface area contributed by atoms with Gasteiger partial charge in [0, 0.05) is 6.07 Å². The summed E-state index contributed by atoms with van der Waals surface area (Å²) in [5.74, 6) is 1.06. The summed E-state index contributed by atoms with van der Waals surface area (Å²) in [6.07, 6.45) is 0. The zero-order chi connectivity index (χ0) is 18.1. The van der Waals surface area contributed by atoms with Crippen molar-refractivity contribution in [3.8, 4) is 34.3 Å². The van der Waals surface area contributed by atoms with Crippen LogP contribution in [-0.2, 0) is 0 Å². The molecule has 1 heterocycles. The molecule has 7 heteroatoms. The first-order valence-corrected chi connectivity index (χ1v) is 7.80. The van der Waals surface area contributed by atoms with Crippen molar-refractivity contribution in [3.05, 3.63) is 52.4 Å². The summed E-state index contributed by atoms with van der Waals surface area (Å²) in [6, 6.07) is 9.44. The molecule has 130 valence electrons. The van der Waals surface area contributed by atoms with E-state index in [0.29, 0.717) is 17.0 Å². The standard InChI is InChI=1S/C18H19N3O4/c1-10(2)13-8-14(15(23)9-16(13)25-3)17-19-20-18(24)21(17)11-4-6-12(22)7-5-11/h4-10,22-23H,1-3H3,(H,20,24). The van der Waals surface area contributed by atoms with Crippen molar-refractivity contribution < 1.29 is 14.9 Å². The zero-order valence-corrected chi connectivity index (χ0v) is 14.1. The van der Waals surface area contributed by atoms with Crippen LogP contribution in [0.2, 0.25) is 0 Å². The second kappa shape index (κ2) is 6.35. The third-order valence-corrected chi connectivity index (χ3v) is 3.99. The highest BCUT2D eigenvalue weighted by molar-refractivity contribution is 5.69. The number of hydrogen-bond donors (Lipinski definition) is 3. The van der Waals surface area contributed by atoms with Gasteiger partial charge < -0.3 is 14.9 Å². The Morgan fingerprint density at radius 1 is 1.16 bits per heavy atom. The summed E-state index contributed by atoms with van der Waals surface area (Å²) in [5.41, 5.74) is 1.38. The Balaban J connectivity index is 2.23. The van der Waals surface area contributed by atoms with Gasteiger partial charge in [0.05, 0.1) is 18.4 Å². The molecule has 2 aromatic carbocycles. The first-order valence-electron chi connectivity index (χ1n) is 7.80. The van der Waals surface area contributed by atoms with Crippen molar-refractivity contribution in [2.75, 3.05) is 7.11 Å². The van der Waals surface area contributed by atoms with E-state index < -0.39 is 5.69 Å². The molecule has 0 radical (unpaired) electrons.